The molecule has 1 aromatic heterocycles. The van der Waals surface area contributed by atoms with Crippen molar-refractivity contribution in [3.8, 4) is 0 Å². The van der Waals surface area contributed by atoms with Crippen molar-refractivity contribution in [2.45, 2.75) is 63.6 Å². The first-order valence-corrected chi connectivity index (χ1v) is 11.6. The number of pyridine rings is 1. The van der Waals surface area contributed by atoms with E-state index in [4.69, 9.17) is 0 Å². The van der Waals surface area contributed by atoms with Gasteiger partial charge >= 0.3 is 0 Å². The average Bonchev–Trinajstić information content (AvgIpc) is 2.75. The summed E-state index contributed by atoms with van der Waals surface area (Å²) in [6.45, 7) is 7.30. The predicted molar refractivity (Wildman–Crippen MR) is 117 cm³/mol. The van der Waals surface area contributed by atoms with Gasteiger partial charge < -0.3 is 19.5 Å². The van der Waals surface area contributed by atoms with Crippen LogP contribution in [-0.2, 0) is 0 Å². The normalized spacial score (nSPS) is 27.4. The van der Waals surface area contributed by atoms with Gasteiger partial charge in [0.25, 0.3) is 11.5 Å². The van der Waals surface area contributed by atoms with Crippen molar-refractivity contribution < 1.29 is 9.90 Å². The maximum Gasteiger partial charge on any atom is 0.263 e. The minimum absolute atomic E-state index is 0.0781. The number of nitrogens with zero attached hydrogens (tertiary/aromatic N) is 4. The Labute approximate surface area is 179 Å². The maximum atomic E-state index is 13.3. The first-order chi connectivity index (χ1) is 14.4. The number of piperazine rings is 1. The maximum absolute atomic E-state index is 13.3. The van der Waals surface area contributed by atoms with Gasteiger partial charge in [-0.3, -0.25) is 14.5 Å². The first-order valence-electron chi connectivity index (χ1n) is 11.6. The molecule has 0 unspecified atom stereocenters. The van der Waals surface area contributed by atoms with Crippen LogP contribution in [0.2, 0.25) is 0 Å². The van der Waals surface area contributed by atoms with Gasteiger partial charge in [0.05, 0.1) is 6.10 Å². The Morgan fingerprint density at radius 2 is 1.57 bits per heavy atom. The van der Waals surface area contributed by atoms with Crippen LogP contribution in [0.25, 0.3) is 0 Å². The summed E-state index contributed by atoms with van der Waals surface area (Å²) in [7, 11) is 2.18. The van der Waals surface area contributed by atoms with Crippen molar-refractivity contribution in [3.05, 3.63) is 33.7 Å². The van der Waals surface area contributed by atoms with Crippen molar-refractivity contribution in [2.75, 3.05) is 46.3 Å². The number of likely N-dealkylation sites (tertiary alicyclic amines) is 1. The van der Waals surface area contributed by atoms with Crippen LogP contribution < -0.4 is 5.56 Å². The standard InChI is InChI=1S/C23H36N4O3/c1-17-7-12-27(19-3-5-20(28)6-4-19)23(30)21(17)22(29)26-15-13-25(14-16-26)18-8-10-24(2)11-9-18/h7,12,18-20,28H,3-6,8-11,13-16H2,1-2H3. The summed E-state index contributed by atoms with van der Waals surface area (Å²) >= 11 is 0. The van der Waals surface area contributed by atoms with E-state index >= 15 is 0 Å². The summed E-state index contributed by atoms with van der Waals surface area (Å²) in [5.74, 6) is -0.120. The zero-order valence-electron chi connectivity index (χ0n) is 18.4. The number of rotatable bonds is 3. The summed E-state index contributed by atoms with van der Waals surface area (Å²) in [5, 5.41) is 9.77. The van der Waals surface area contributed by atoms with E-state index in [0.717, 1.165) is 44.6 Å². The Balaban J connectivity index is 1.43. The van der Waals surface area contributed by atoms with Crippen LogP contribution in [0.4, 0.5) is 0 Å². The van der Waals surface area contributed by atoms with Crippen LogP contribution in [0.1, 0.15) is 60.5 Å². The lowest BCUT2D eigenvalue weighted by atomic mass is 9.92. The first kappa shape index (κ1) is 21.5. The number of hydrogen-bond donors (Lipinski definition) is 1. The molecule has 3 fully saturated rings. The summed E-state index contributed by atoms with van der Waals surface area (Å²) < 4.78 is 1.74. The highest BCUT2D eigenvalue weighted by atomic mass is 16.3. The van der Waals surface area contributed by atoms with Gasteiger partial charge in [-0.2, -0.15) is 0 Å². The summed E-state index contributed by atoms with van der Waals surface area (Å²) in [4.78, 5) is 33.3. The second-order valence-corrected chi connectivity index (χ2v) is 9.41. The van der Waals surface area contributed by atoms with Crippen molar-refractivity contribution >= 4 is 5.91 Å². The van der Waals surface area contributed by atoms with E-state index in [-0.39, 0.29) is 23.6 Å². The van der Waals surface area contributed by atoms with Gasteiger partial charge in [0, 0.05) is 44.5 Å². The lowest BCUT2D eigenvalue weighted by molar-refractivity contribution is 0.0472. The molecule has 0 aromatic carbocycles. The Morgan fingerprint density at radius 3 is 2.20 bits per heavy atom. The van der Waals surface area contributed by atoms with Crippen LogP contribution in [0.3, 0.4) is 0 Å². The van der Waals surface area contributed by atoms with E-state index in [2.05, 4.69) is 16.8 Å². The fourth-order valence-corrected chi connectivity index (χ4v) is 5.33. The number of aliphatic hydroxyl groups excluding tert-OH is 1. The van der Waals surface area contributed by atoms with Crippen molar-refractivity contribution in [1.29, 1.82) is 0 Å². The Kier molecular flexibility index (Phi) is 6.60. The second-order valence-electron chi connectivity index (χ2n) is 9.41. The van der Waals surface area contributed by atoms with E-state index in [1.54, 1.807) is 4.57 Å². The Morgan fingerprint density at radius 1 is 0.933 bits per heavy atom. The summed E-state index contributed by atoms with van der Waals surface area (Å²) in [5.41, 5.74) is 0.922. The van der Waals surface area contributed by atoms with Crippen LogP contribution in [-0.4, -0.2) is 88.7 Å². The van der Waals surface area contributed by atoms with Gasteiger partial charge in [-0.1, -0.05) is 0 Å². The number of piperidine rings is 1. The molecule has 0 atom stereocenters. The molecule has 1 amide bonds. The Hall–Kier alpha value is -1.70. The third kappa shape index (κ3) is 4.48. The number of aryl methyl sites for hydroxylation is 1. The molecule has 30 heavy (non-hydrogen) atoms. The highest BCUT2D eigenvalue weighted by Crippen LogP contribution is 2.27. The molecule has 1 saturated carbocycles. The van der Waals surface area contributed by atoms with Crippen LogP contribution in [0.5, 0.6) is 0 Å². The second kappa shape index (κ2) is 9.20. The molecule has 3 heterocycles. The van der Waals surface area contributed by atoms with E-state index in [0.29, 0.717) is 37.5 Å². The third-order valence-electron chi connectivity index (χ3n) is 7.41. The largest absolute Gasteiger partial charge is 0.393 e. The molecule has 0 spiro atoms. The number of carbonyl (C=O) groups is 1. The minimum Gasteiger partial charge on any atom is -0.393 e. The SMILES string of the molecule is Cc1ccn(C2CCC(O)CC2)c(=O)c1C(=O)N1CCN(C2CCN(C)CC2)CC1. The molecule has 2 aliphatic heterocycles. The molecule has 2 saturated heterocycles. The number of carbonyl (C=O) groups excluding carboxylic acids is 1. The summed E-state index contributed by atoms with van der Waals surface area (Å²) in [6, 6.07) is 2.60. The van der Waals surface area contributed by atoms with Crippen LogP contribution in [0.15, 0.2) is 17.1 Å². The van der Waals surface area contributed by atoms with Crippen molar-refractivity contribution in [3.63, 3.8) is 0 Å². The predicted octanol–water partition coefficient (Wildman–Crippen LogP) is 1.48. The molecule has 1 aromatic rings. The van der Waals surface area contributed by atoms with E-state index in [1.165, 1.54) is 12.8 Å². The van der Waals surface area contributed by atoms with Gasteiger partial charge in [-0.15, -0.1) is 0 Å². The van der Waals surface area contributed by atoms with Gasteiger partial charge in [-0.05, 0) is 77.2 Å². The van der Waals surface area contributed by atoms with Crippen molar-refractivity contribution in [1.82, 2.24) is 19.3 Å². The van der Waals surface area contributed by atoms with Crippen LogP contribution >= 0.6 is 0 Å². The summed E-state index contributed by atoms with van der Waals surface area (Å²) in [6.07, 6.45) is 6.96. The zero-order chi connectivity index (χ0) is 21.3. The monoisotopic (exact) mass is 416 g/mol. The topological polar surface area (TPSA) is 69.0 Å². The van der Waals surface area contributed by atoms with Gasteiger partial charge in [0.2, 0.25) is 0 Å². The zero-order valence-corrected chi connectivity index (χ0v) is 18.4. The van der Waals surface area contributed by atoms with E-state index < -0.39 is 0 Å². The highest BCUT2D eigenvalue weighted by Gasteiger charge is 2.31. The fraction of sp³-hybridized carbons (Fsp3) is 0.739. The number of aromatic nitrogens is 1. The number of hydrogen-bond acceptors (Lipinski definition) is 5. The molecule has 7 nitrogen and oxygen atoms in total. The lowest BCUT2D eigenvalue weighted by Gasteiger charge is -2.42. The minimum atomic E-state index is -0.260. The molecular weight excluding hydrogens is 380 g/mol. The Bertz CT molecular complexity index is 799. The molecule has 1 aliphatic carbocycles. The molecule has 3 aliphatic rings. The number of aliphatic hydroxyl groups is 1. The molecule has 7 heteroatoms. The van der Waals surface area contributed by atoms with E-state index in [9.17, 15) is 14.7 Å². The van der Waals surface area contributed by atoms with Crippen molar-refractivity contribution in [2.24, 2.45) is 0 Å². The smallest absolute Gasteiger partial charge is 0.263 e. The molecule has 166 valence electrons. The molecule has 1 N–H and O–H groups in total. The average molecular weight is 417 g/mol. The quantitative estimate of drug-likeness (QED) is 0.809. The highest BCUT2D eigenvalue weighted by molar-refractivity contribution is 5.95. The third-order valence-corrected chi connectivity index (χ3v) is 7.41. The van der Waals surface area contributed by atoms with Crippen LogP contribution in [0, 0.1) is 6.92 Å². The fourth-order valence-electron chi connectivity index (χ4n) is 5.33. The molecule has 0 bridgehead atoms. The molecule has 4 rings (SSSR count). The number of amides is 1. The van der Waals surface area contributed by atoms with Gasteiger partial charge in [-0.25, -0.2) is 0 Å². The van der Waals surface area contributed by atoms with E-state index in [1.807, 2.05) is 24.1 Å². The lowest BCUT2D eigenvalue weighted by Crippen LogP contribution is -2.54. The van der Waals surface area contributed by atoms with Gasteiger partial charge in [0.15, 0.2) is 0 Å². The molecular formula is C23H36N4O3. The molecule has 0 radical (unpaired) electrons. The van der Waals surface area contributed by atoms with Gasteiger partial charge in [0.1, 0.15) is 5.56 Å².